The monoisotopic (exact) mass is 246 g/mol. The maximum Gasteiger partial charge on any atom is 0.324 e. The number of halogens is 1. The number of alkyl halides is 1. The number of imide groups is 1. The van der Waals surface area contributed by atoms with Gasteiger partial charge in [0.2, 0.25) is 5.91 Å². The first-order chi connectivity index (χ1) is 7.63. The van der Waals surface area contributed by atoms with E-state index in [1.807, 2.05) is 0 Å². The Balaban J connectivity index is 2.38. The highest BCUT2D eigenvalue weighted by molar-refractivity contribution is 6.19. The number of urea groups is 1. The Labute approximate surface area is 101 Å². The highest BCUT2D eigenvalue weighted by atomic mass is 35.5. The van der Waals surface area contributed by atoms with Crippen LogP contribution in [-0.4, -0.2) is 35.8 Å². The summed E-state index contributed by atoms with van der Waals surface area (Å²) in [5.74, 6) is 0.615. The Kier molecular flexibility index (Phi) is 5.60. The third kappa shape index (κ3) is 4.39. The fourth-order valence-corrected chi connectivity index (χ4v) is 1.98. The van der Waals surface area contributed by atoms with E-state index in [9.17, 15) is 9.59 Å². The largest absolute Gasteiger partial charge is 0.324 e. The third-order valence-corrected chi connectivity index (χ3v) is 3.06. The molecular weight excluding hydrogens is 228 g/mol. The number of rotatable bonds is 2. The van der Waals surface area contributed by atoms with Crippen molar-refractivity contribution in [3.8, 4) is 0 Å². The lowest BCUT2D eigenvalue weighted by molar-refractivity contribution is -0.119. The number of nitrogens with one attached hydrogen (secondary N) is 1. The molecule has 1 unspecified atom stereocenters. The molecule has 16 heavy (non-hydrogen) atoms. The molecule has 1 heterocycles. The van der Waals surface area contributed by atoms with E-state index >= 15 is 0 Å². The Hall–Kier alpha value is -0.770. The number of hydrogen-bond acceptors (Lipinski definition) is 2. The SMILES string of the molecule is CC1CCCN(C(=O)NC(=O)CCCl)CC1. The first kappa shape index (κ1) is 13.3. The maximum absolute atomic E-state index is 11.7. The fourth-order valence-electron chi connectivity index (χ4n) is 1.81. The van der Waals surface area contributed by atoms with Crippen molar-refractivity contribution in [3.05, 3.63) is 0 Å². The zero-order valence-electron chi connectivity index (χ0n) is 9.67. The van der Waals surface area contributed by atoms with Crippen LogP contribution in [0.4, 0.5) is 4.79 Å². The van der Waals surface area contributed by atoms with Crippen LogP contribution in [0, 0.1) is 5.92 Å². The molecule has 4 nitrogen and oxygen atoms in total. The van der Waals surface area contributed by atoms with E-state index in [1.54, 1.807) is 4.90 Å². The molecule has 0 aromatic heterocycles. The van der Waals surface area contributed by atoms with Crippen molar-refractivity contribution in [1.82, 2.24) is 10.2 Å². The van der Waals surface area contributed by atoms with Crippen LogP contribution in [0.5, 0.6) is 0 Å². The van der Waals surface area contributed by atoms with Gasteiger partial charge in [0, 0.05) is 25.4 Å². The fraction of sp³-hybridized carbons (Fsp3) is 0.818. The topological polar surface area (TPSA) is 49.4 Å². The van der Waals surface area contributed by atoms with E-state index in [0.29, 0.717) is 5.92 Å². The van der Waals surface area contributed by atoms with Gasteiger partial charge < -0.3 is 4.90 Å². The van der Waals surface area contributed by atoms with Gasteiger partial charge in [-0.15, -0.1) is 11.6 Å². The molecule has 0 aromatic carbocycles. The number of likely N-dealkylation sites (tertiary alicyclic amines) is 1. The van der Waals surface area contributed by atoms with Gasteiger partial charge in [-0.3, -0.25) is 10.1 Å². The molecule has 1 aliphatic rings. The molecule has 1 fully saturated rings. The van der Waals surface area contributed by atoms with Crippen LogP contribution >= 0.6 is 11.6 Å². The van der Waals surface area contributed by atoms with Crippen molar-refractivity contribution < 1.29 is 9.59 Å². The van der Waals surface area contributed by atoms with E-state index in [2.05, 4.69) is 12.2 Å². The molecule has 0 spiro atoms. The second-order valence-electron chi connectivity index (χ2n) is 4.32. The van der Waals surface area contributed by atoms with Crippen molar-refractivity contribution in [2.24, 2.45) is 5.92 Å². The van der Waals surface area contributed by atoms with Crippen molar-refractivity contribution in [3.63, 3.8) is 0 Å². The molecule has 0 saturated carbocycles. The van der Waals surface area contributed by atoms with E-state index in [-0.39, 0.29) is 24.2 Å². The van der Waals surface area contributed by atoms with Crippen LogP contribution in [0.3, 0.4) is 0 Å². The Bertz CT molecular complexity index is 258. The first-order valence-electron chi connectivity index (χ1n) is 5.78. The third-order valence-electron chi connectivity index (χ3n) is 2.87. The molecule has 3 amide bonds. The molecule has 1 atom stereocenters. The number of carbonyl (C=O) groups excluding carboxylic acids is 2. The minimum atomic E-state index is -0.294. The summed E-state index contributed by atoms with van der Waals surface area (Å²) < 4.78 is 0. The van der Waals surface area contributed by atoms with Crippen LogP contribution in [0.15, 0.2) is 0 Å². The lowest BCUT2D eigenvalue weighted by Gasteiger charge is -2.20. The molecule has 0 bridgehead atoms. The van der Waals surface area contributed by atoms with Crippen LogP contribution in [0.1, 0.15) is 32.6 Å². The maximum atomic E-state index is 11.7. The summed E-state index contributed by atoms with van der Waals surface area (Å²) in [4.78, 5) is 24.6. The minimum absolute atomic E-state index is 0.192. The van der Waals surface area contributed by atoms with E-state index in [1.165, 1.54) is 0 Å². The van der Waals surface area contributed by atoms with Gasteiger partial charge in [0.25, 0.3) is 0 Å². The molecule has 0 aromatic rings. The molecule has 1 saturated heterocycles. The van der Waals surface area contributed by atoms with Crippen LogP contribution in [-0.2, 0) is 4.79 Å². The predicted molar refractivity (Wildman–Crippen MR) is 63.5 cm³/mol. The quantitative estimate of drug-likeness (QED) is 0.758. The average Bonchev–Trinajstić information content (AvgIpc) is 2.43. The number of hydrogen-bond donors (Lipinski definition) is 1. The molecule has 5 heteroatoms. The molecule has 1 aliphatic heterocycles. The first-order valence-corrected chi connectivity index (χ1v) is 6.31. The highest BCUT2D eigenvalue weighted by Gasteiger charge is 2.19. The second-order valence-corrected chi connectivity index (χ2v) is 4.69. The lowest BCUT2D eigenvalue weighted by Crippen LogP contribution is -2.43. The summed E-state index contributed by atoms with van der Waals surface area (Å²) in [6.45, 7) is 3.67. The van der Waals surface area contributed by atoms with Gasteiger partial charge in [0.1, 0.15) is 0 Å². The van der Waals surface area contributed by atoms with Crippen molar-refractivity contribution in [2.45, 2.75) is 32.6 Å². The van der Waals surface area contributed by atoms with Crippen LogP contribution in [0.2, 0.25) is 0 Å². The lowest BCUT2D eigenvalue weighted by atomic mass is 10.0. The van der Waals surface area contributed by atoms with Gasteiger partial charge in [-0.25, -0.2) is 4.79 Å². The summed E-state index contributed by atoms with van der Waals surface area (Å²) in [6, 6.07) is -0.274. The van der Waals surface area contributed by atoms with Gasteiger partial charge in [-0.2, -0.15) is 0 Å². The number of amides is 3. The molecule has 0 radical (unpaired) electrons. The zero-order chi connectivity index (χ0) is 12.0. The highest BCUT2D eigenvalue weighted by Crippen LogP contribution is 2.16. The second kappa shape index (κ2) is 6.74. The van der Waals surface area contributed by atoms with Gasteiger partial charge in [0.15, 0.2) is 0 Å². The zero-order valence-corrected chi connectivity index (χ0v) is 10.4. The molecular formula is C11H19ClN2O2. The van der Waals surface area contributed by atoms with Gasteiger partial charge in [-0.1, -0.05) is 6.92 Å². The summed E-state index contributed by atoms with van der Waals surface area (Å²) in [7, 11) is 0. The Morgan fingerprint density at radius 2 is 2.12 bits per heavy atom. The molecule has 0 aliphatic carbocycles. The molecule has 1 N–H and O–H groups in total. The standard InChI is InChI=1S/C11H19ClN2O2/c1-9-3-2-7-14(8-5-9)11(16)13-10(15)4-6-12/h9H,2-8H2,1H3,(H,13,15,16). The Morgan fingerprint density at radius 1 is 1.38 bits per heavy atom. The van der Waals surface area contributed by atoms with E-state index < -0.39 is 0 Å². The van der Waals surface area contributed by atoms with E-state index in [4.69, 9.17) is 11.6 Å². The van der Waals surface area contributed by atoms with E-state index in [0.717, 1.165) is 32.4 Å². The summed E-state index contributed by atoms with van der Waals surface area (Å²) >= 11 is 5.43. The number of nitrogens with zero attached hydrogens (tertiary/aromatic N) is 1. The summed E-state index contributed by atoms with van der Waals surface area (Å²) in [6.07, 6.45) is 3.37. The normalized spacial score (nSPS) is 21.4. The summed E-state index contributed by atoms with van der Waals surface area (Å²) in [5, 5.41) is 2.36. The summed E-state index contributed by atoms with van der Waals surface area (Å²) in [5.41, 5.74) is 0. The average molecular weight is 247 g/mol. The van der Waals surface area contributed by atoms with Gasteiger partial charge in [0.05, 0.1) is 0 Å². The van der Waals surface area contributed by atoms with Gasteiger partial charge >= 0.3 is 6.03 Å². The van der Waals surface area contributed by atoms with Crippen LogP contribution in [0.25, 0.3) is 0 Å². The minimum Gasteiger partial charge on any atom is -0.324 e. The molecule has 1 rings (SSSR count). The Morgan fingerprint density at radius 3 is 2.81 bits per heavy atom. The van der Waals surface area contributed by atoms with Crippen molar-refractivity contribution >= 4 is 23.5 Å². The predicted octanol–water partition coefficient (Wildman–Crippen LogP) is 1.97. The van der Waals surface area contributed by atoms with Crippen LogP contribution < -0.4 is 5.32 Å². The molecule has 92 valence electrons. The number of carbonyl (C=O) groups is 2. The van der Waals surface area contributed by atoms with Gasteiger partial charge in [-0.05, 0) is 25.2 Å². The smallest absolute Gasteiger partial charge is 0.324 e. The van der Waals surface area contributed by atoms with Crippen molar-refractivity contribution in [2.75, 3.05) is 19.0 Å². The van der Waals surface area contributed by atoms with Crippen molar-refractivity contribution in [1.29, 1.82) is 0 Å².